The number of aryl methyl sites for hydroxylation is 2. The van der Waals surface area contributed by atoms with Gasteiger partial charge in [0.15, 0.2) is 11.5 Å². The third kappa shape index (κ3) is 3.92. The average molecular weight is 414 g/mol. The number of aliphatic hydroxyl groups is 1. The Hall–Kier alpha value is -3.93. The molecule has 0 saturated heterocycles. The lowest BCUT2D eigenvalue weighted by Crippen LogP contribution is -2.31. The number of hydrogen-bond donors (Lipinski definition) is 2. The van der Waals surface area contributed by atoms with E-state index in [0.29, 0.717) is 12.0 Å². The monoisotopic (exact) mass is 414 g/mol. The first-order chi connectivity index (χ1) is 15.0. The van der Waals surface area contributed by atoms with E-state index in [1.54, 1.807) is 36.7 Å². The van der Waals surface area contributed by atoms with Crippen LogP contribution >= 0.6 is 0 Å². The summed E-state index contributed by atoms with van der Waals surface area (Å²) in [4.78, 5) is 31.7. The van der Waals surface area contributed by atoms with Crippen molar-refractivity contribution in [3.63, 3.8) is 0 Å². The van der Waals surface area contributed by atoms with Crippen molar-refractivity contribution in [3.05, 3.63) is 101 Å². The summed E-state index contributed by atoms with van der Waals surface area (Å²) in [6, 6.07) is 17.0. The Morgan fingerprint density at radius 3 is 2.55 bits per heavy atom. The number of pyridine rings is 1. The summed E-state index contributed by atoms with van der Waals surface area (Å²) in [5, 5.41) is 21.2. The maximum Gasteiger partial charge on any atom is 0.294 e. The van der Waals surface area contributed by atoms with Crippen LogP contribution in [0.4, 0.5) is 5.69 Å². The van der Waals surface area contributed by atoms with Gasteiger partial charge in [-0.1, -0.05) is 42.5 Å². The number of phenols is 1. The minimum Gasteiger partial charge on any atom is -0.506 e. The third-order valence-electron chi connectivity index (χ3n) is 5.38. The maximum absolute atomic E-state index is 13.2. The fourth-order valence-corrected chi connectivity index (χ4v) is 3.86. The minimum atomic E-state index is -0.878. The molecule has 1 aliphatic rings. The number of carbonyl (C=O) groups is 2. The van der Waals surface area contributed by atoms with Gasteiger partial charge < -0.3 is 10.2 Å². The molecule has 1 atom stereocenters. The molecule has 6 nitrogen and oxygen atoms in total. The van der Waals surface area contributed by atoms with Crippen molar-refractivity contribution in [2.75, 3.05) is 4.90 Å². The van der Waals surface area contributed by atoms with Crippen LogP contribution in [0.5, 0.6) is 5.75 Å². The van der Waals surface area contributed by atoms with Crippen LogP contribution in [0.25, 0.3) is 0 Å². The van der Waals surface area contributed by atoms with Crippen molar-refractivity contribution in [1.82, 2.24) is 4.98 Å². The summed E-state index contributed by atoms with van der Waals surface area (Å²) < 4.78 is 0. The van der Waals surface area contributed by atoms with Crippen LogP contribution < -0.4 is 4.90 Å². The highest BCUT2D eigenvalue weighted by Crippen LogP contribution is 2.44. The third-order valence-corrected chi connectivity index (χ3v) is 5.38. The minimum absolute atomic E-state index is 0.0230. The molecule has 6 heteroatoms. The van der Waals surface area contributed by atoms with Gasteiger partial charge in [0.05, 0.1) is 17.3 Å². The number of benzene rings is 2. The molecular formula is C25H22N2O4. The molecule has 0 radical (unpaired) electrons. The molecule has 2 heterocycles. The van der Waals surface area contributed by atoms with Gasteiger partial charge in [-0.3, -0.25) is 19.5 Å². The highest BCUT2D eigenvalue weighted by Gasteiger charge is 2.45. The van der Waals surface area contributed by atoms with Crippen LogP contribution in [0.1, 0.15) is 29.2 Å². The fraction of sp³-hybridized carbons (Fsp3) is 0.160. The lowest BCUT2D eigenvalue weighted by atomic mass is 9.93. The molecular weight excluding hydrogens is 392 g/mol. The summed E-state index contributed by atoms with van der Waals surface area (Å²) >= 11 is 0. The van der Waals surface area contributed by atoms with Crippen LogP contribution in [0.3, 0.4) is 0 Å². The Morgan fingerprint density at radius 2 is 1.84 bits per heavy atom. The van der Waals surface area contributed by atoms with E-state index in [1.165, 1.54) is 11.0 Å². The molecule has 2 N–H and O–H groups in total. The van der Waals surface area contributed by atoms with E-state index in [4.69, 9.17) is 0 Å². The number of hydrogen-bond acceptors (Lipinski definition) is 5. The van der Waals surface area contributed by atoms with Crippen LogP contribution in [0.15, 0.2) is 84.4 Å². The molecule has 4 rings (SSSR count). The topological polar surface area (TPSA) is 90.7 Å². The Balaban J connectivity index is 1.75. The van der Waals surface area contributed by atoms with Gasteiger partial charge in [-0.25, -0.2) is 0 Å². The number of aromatic nitrogens is 1. The average Bonchev–Trinajstić information content (AvgIpc) is 3.06. The molecule has 0 bridgehead atoms. The van der Waals surface area contributed by atoms with Crippen LogP contribution in [0.2, 0.25) is 0 Å². The largest absolute Gasteiger partial charge is 0.506 e. The predicted octanol–water partition coefficient (Wildman–Crippen LogP) is 4.20. The molecule has 0 saturated carbocycles. The number of ketones is 1. The second-order valence-corrected chi connectivity index (χ2v) is 7.53. The zero-order chi connectivity index (χ0) is 22.0. The van der Waals surface area contributed by atoms with Crippen molar-refractivity contribution in [3.8, 4) is 5.75 Å². The summed E-state index contributed by atoms with van der Waals surface area (Å²) in [5.74, 6) is -1.75. The molecule has 0 spiro atoms. The van der Waals surface area contributed by atoms with E-state index < -0.39 is 17.7 Å². The highest BCUT2D eigenvalue weighted by molar-refractivity contribution is 6.17. The van der Waals surface area contributed by atoms with Crippen molar-refractivity contribution in [2.24, 2.45) is 0 Å². The van der Waals surface area contributed by atoms with Gasteiger partial charge in [-0.2, -0.15) is 0 Å². The second-order valence-electron chi connectivity index (χ2n) is 7.53. The summed E-state index contributed by atoms with van der Waals surface area (Å²) in [5.41, 5.74) is 2.65. The van der Waals surface area contributed by atoms with Crippen molar-refractivity contribution in [1.29, 1.82) is 0 Å². The molecule has 1 amide bonds. The first-order valence-electron chi connectivity index (χ1n) is 10.0. The van der Waals surface area contributed by atoms with Gasteiger partial charge >= 0.3 is 0 Å². The van der Waals surface area contributed by atoms with Crippen LogP contribution in [-0.4, -0.2) is 26.9 Å². The maximum atomic E-state index is 13.2. The van der Waals surface area contributed by atoms with Gasteiger partial charge in [0, 0.05) is 18.8 Å². The molecule has 1 aromatic heterocycles. The lowest BCUT2D eigenvalue weighted by Gasteiger charge is -2.27. The summed E-state index contributed by atoms with van der Waals surface area (Å²) in [7, 11) is 0. The number of phenolic OH excluding ortho intramolecular Hbond substituents is 1. The smallest absolute Gasteiger partial charge is 0.294 e. The quantitative estimate of drug-likeness (QED) is 0.631. The number of aromatic hydroxyl groups is 1. The van der Waals surface area contributed by atoms with E-state index in [-0.39, 0.29) is 29.2 Å². The standard InChI is InChI=1S/C25H22N2O4/c1-16-9-11-20(28)19(14-16)27-23(18-8-5-13-26-15-18)22(24(30)25(27)31)21(29)12-10-17-6-3-2-4-7-17/h2-9,11,13-15,23,28,30H,10,12H2,1H3. The van der Waals surface area contributed by atoms with Crippen molar-refractivity contribution < 1.29 is 19.8 Å². The highest BCUT2D eigenvalue weighted by atomic mass is 16.3. The first-order valence-corrected chi connectivity index (χ1v) is 10.0. The molecule has 1 unspecified atom stereocenters. The molecule has 156 valence electrons. The van der Waals surface area contributed by atoms with E-state index in [9.17, 15) is 19.8 Å². The van der Waals surface area contributed by atoms with Gasteiger partial charge in [0.2, 0.25) is 0 Å². The Bertz CT molecular complexity index is 1160. The molecule has 3 aromatic rings. The fourth-order valence-electron chi connectivity index (χ4n) is 3.86. The van der Waals surface area contributed by atoms with E-state index in [0.717, 1.165) is 11.1 Å². The number of Topliss-reactive ketones (excluding diaryl/α,β-unsaturated/α-hetero) is 1. The van der Waals surface area contributed by atoms with Gasteiger partial charge in [0.25, 0.3) is 5.91 Å². The molecule has 1 aliphatic heterocycles. The summed E-state index contributed by atoms with van der Waals surface area (Å²) in [6.45, 7) is 1.84. The number of rotatable bonds is 6. The zero-order valence-electron chi connectivity index (χ0n) is 17.0. The lowest BCUT2D eigenvalue weighted by molar-refractivity contribution is -0.118. The number of aliphatic hydroxyl groups excluding tert-OH is 1. The molecule has 0 fully saturated rings. The van der Waals surface area contributed by atoms with Crippen LogP contribution in [0, 0.1) is 6.92 Å². The van der Waals surface area contributed by atoms with E-state index in [2.05, 4.69) is 4.98 Å². The van der Waals surface area contributed by atoms with E-state index in [1.807, 2.05) is 37.3 Å². The van der Waals surface area contributed by atoms with Crippen molar-refractivity contribution >= 4 is 17.4 Å². The van der Waals surface area contributed by atoms with Gasteiger partial charge in [-0.15, -0.1) is 0 Å². The molecule has 2 aromatic carbocycles. The van der Waals surface area contributed by atoms with Crippen molar-refractivity contribution in [2.45, 2.75) is 25.8 Å². The Kier molecular flexibility index (Phi) is 5.54. The number of carbonyl (C=O) groups excluding carboxylic acids is 2. The number of anilines is 1. The first kappa shape index (κ1) is 20.3. The normalized spacial score (nSPS) is 16.1. The molecule has 31 heavy (non-hydrogen) atoms. The Labute approximate surface area is 180 Å². The van der Waals surface area contributed by atoms with Gasteiger partial charge in [-0.05, 0) is 48.2 Å². The van der Waals surface area contributed by atoms with Crippen LogP contribution in [-0.2, 0) is 16.0 Å². The predicted molar refractivity (Wildman–Crippen MR) is 117 cm³/mol. The van der Waals surface area contributed by atoms with Gasteiger partial charge in [0.1, 0.15) is 5.75 Å². The number of amides is 1. The molecule has 0 aliphatic carbocycles. The zero-order valence-corrected chi connectivity index (χ0v) is 17.0. The Morgan fingerprint density at radius 1 is 1.06 bits per heavy atom. The second kappa shape index (κ2) is 8.44. The summed E-state index contributed by atoms with van der Waals surface area (Å²) in [6.07, 6.45) is 3.78. The van der Waals surface area contributed by atoms with E-state index >= 15 is 0 Å². The number of nitrogens with zero attached hydrogens (tertiary/aromatic N) is 2. The SMILES string of the molecule is Cc1ccc(O)c(N2C(=O)C(O)=C(C(=O)CCc3ccccc3)C2c2cccnc2)c1.